The van der Waals surface area contributed by atoms with Crippen LogP contribution in [0, 0.1) is 0 Å². The van der Waals surface area contributed by atoms with Gasteiger partial charge in [0.1, 0.15) is 12.4 Å². The number of hydrogen-bond acceptors (Lipinski definition) is 8. The lowest BCUT2D eigenvalue weighted by Crippen LogP contribution is -2.08. The maximum absolute atomic E-state index is 12.2. The van der Waals surface area contributed by atoms with Gasteiger partial charge in [-0.1, -0.05) is 0 Å². The van der Waals surface area contributed by atoms with E-state index in [2.05, 4.69) is 4.74 Å². The summed E-state index contributed by atoms with van der Waals surface area (Å²) in [5.74, 6) is -0.127. The van der Waals surface area contributed by atoms with Gasteiger partial charge in [-0.15, -0.1) is 0 Å². The lowest BCUT2D eigenvalue weighted by molar-refractivity contribution is -0.145. The summed E-state index contributed by atoms with van der Waals surface area (Å²) < 4.78 is 25.0. The molecule has 0 amide bonds. The molecule has 0 fully saturated rings. The monoisotopic (exact) mass is 376 g/mol. The topological polar surface area (TPSA) is 101 Å². The van der Waals surface area contributed by atoms with E-state index in [1.807, 2.05) is 0 Å². The lowest BCUT2D eigenvalue weighted by Gasteiger charge is -2.09. The molecule has 2 aromatic rings. The Kier molecular flexibility index (Phi) is 6.99. The van der Waals surface area contributed by atoms with Crippen LogP contribution in [-0.4, -0.2) is 39.1 Å². The molecule has 0 bridgehead atoms. The zero-order valence-electron chi connectivity index (χ0n) is 15.3. The van der Waals surface area contributed by atoms with E-state index in [9.17, 15) is 14.4 Å². The average molecular weight is 376 g/mol. The second kappa shape index (κ2) is 9.42. The van der Waals surface area contributed by atoms with Crippen molar-refractivity contribution in [2.24, 2.45) is 0 Å². The van der Waals surface area contributed by atoms with Crippen LogP contribution in [-0.2, 0) is 20.9 Å². The fourth-order valence-electron chi connectivity index (χ4n) is 2.26. The van der Waals surface area contributed by atoms with Gasteiger partial charge < -0.3 is 23.4 Å². The molecule has 0 aliphatic rings. The molecule has 2 rings (SSSR count). The van der Waals surface area contributed by atoms with Gasteiger partial charge in [-0.2, -0.15) is 0 Å². The third-order valence-corrected chi connectivity index (χ3v) is 3.69. The summed E-state index contributed by atoms with van der Waals surface area (Å²) in [6.45, 7) is -0.139. The van der Waals surface area contributed by atoms with E-state index < -0.39 is 11.9 Å². The molecule has 0 saturated carbocycles. The summed E-state index contributed by atoms with van der Waals surface area (Å²) >= 11 is 0. The molecule has 0 spiro atoms. The molecule has 0 atom stereocenters. The number of Topliss-reactive ketones (excluding diaryl/α,β-unsaturated/α-hetero) is 1. The molecule has 0 unspecified atom stereocenters. The molecule has 1 heterocycles. The van der Waals surface area contributed by atoms with Crippen molar-refractivity contribution in [1.82, 2.24) is 0 Å². The fourth-order valence-corrected chi connectivity index (χ4v) is 2.26. The first-order valence-corrected chi connectivity index (χ1v) is 8.06. The van der Waals surface area contributed by atoms with Crippen molar-refractivity contribution < 1.29 is 37.7 Å². The zero-order valence-corrected chi connectivity index (χ0v) is 15.3. The number of carbonyl (C=O) groups excluding carboxylic acids is 3. The minimum Gasteiger partial charge on any atom is -0.493 e. The highest BCUT2D eigenvalue weighted by atomic mass is 16.6. The Bertz CT molecular complexity index is 821. The molecule has 0 saturated heterocycles. The highest BCUT2D eigenvalue weighted by Crippen LogP contribution is 2.28. The number of esters is 2. The van der Waals surface area contributed by atoms with Crippen molar-refractivity contribution >= 4 is 17.7 Å². The van der Waals surface area contributed by atoms with Crippen LogP contribution in [0.25, 0.3) is 0 Å². The largest absolute Gasteiger partial charge is 0.493 e. The van der Waals surface area contributed by atoms with Crippen molar-refractivity contribution in [3.63, 3.8) is 0 Å². The van der Waals surface area contributed by atoms with Crippen LogP contribution >= 0.6 is 0 Å². The number of furan rings is 1. The number of ether oxygens (including phenoxy) is 4. The van der Waals surface area contributed by atoms with Gasteiger partial charge in [0.05, 0.1) is 27.8 Å². The van der Waals surface area contributed by atoms with Crippen LogP contribution in [0.4, 0.5) is 0 Å². The molecule has 0 aliphatic carbocycles. The molecule has 8 heteroatoms. The zero-order chi connectivity index (χ0) is 19.8. The summed E-state index contributed by atoms with van der Waals surface area (Å²) in [6.07, 6.45) is -0.0996. The molecule has 144 valence electrons. The van der Waals surface area contributed by atoms with Gasteiger partial charge in [-0.25, -0.2) is 4.79 Å². The van der Waals surface area contributed by atoms with Gasteiger partial charge in [0.2, 0.25) is 5.76 Å². The van der Waals surface area contributed by atoms with E-state index in [1.165, 1.54) is 33.5 Å². The fraction of sp³-hybridized carbons (Fsp3) is 0.316. The molecule has 0 aliphatic heterocycles. The molecular formula is C19H20O8. The Morgan fingerprint density at radius 1 is 0.926 bits per heavy atom. The van der Waals surface area contributed by atoms with Gasteiger partial charge in [0.25, 0.3) is 0 Å². The number of methoxy groups -OCH3 is 3. The average Bonchev–Trinajstić information content (AvgIpc) is 3.18. The summed E-state index contributed by atoms with van der Waals surface area (Å²) in [5, 5.41) is 0. The minimum absolute atomic E-state index is 0.0140. The first kappa shape index (κ1) is 20.0. The molecule has 8 nitrogen and oxygen atoms in total. The van der Waals surface area contributed by atoms with Crippen molar-refractivity contribution in [3.05, 3.63) is 47.4 Å². The van der Waals surface area contributed by atoms with Crippen LogP contribution in [0.15, 0.2) is 34.7 Å². The van der Waals surface area contributed by atoms with E-state index in [4.69, 9.17) is 18.6 Å². The van der Waals surface area contributed by atoms with Crippen LogP contribution < -0.4 is 9.47 Å². The van der Waals surface area contributed by atoms with Gasteiger partial charge in [0, 0.05) is 12.0 Å². The number of ketones is 1. The van der Waals surface area contributed by atoms with Gasteiger partial charge in [-0.05, 0) is 30.3 Å². The third-order valence-electron chi connectivity index (χ3n) is 3.69. The Morgan fingerprint density at radius 2 is 1.67 bits per heavy atom. The van der Waals surface area contributed by atoms with Crippen LogP contribution in [0.2, 0.25) is 0 Å². The number of benzene rings is 1. The van der Waals surface area contributed by atoms with E-state index in [0.717, 1.165) is 0 Å². The molecule has 27 heavy (non-hydrogen) atoms. The smallest absolute Gasteiger partial charge is 0.373 e. The summed E-state index contributed by atoms with van der Waals surface area (Å²) in [4.78, 5) is 35.3. The van der Waals surface area contributed by atoms with E-state index in [0.29, 0.717) is 22.8 Å². The Morgan fingerprint density at radius 3 is 2.33 bits per heavy atom. The molecule has 1 aromatic heterocycles. The lowest BCUT2D eigenvalue weighted by atomic mass is 10.1. The van der Waals surface area contributed by atoms with Crippen molar-refractivity contribution in [2.45, 2.75) is 19.4 Å². The maximum atomic E-state index is 12.2. The first-order valence-electron chi connectivity index (χ1n) is 8.06. The quantitative estimate of drug-likeness (QED) is 0.486. The van der Waals surface area contributed by atoms with Crippen LogP contribution in [0.1, 0.15) is 39.5 Å². The normalized spacial score (nSPS) is 10.2. The number of carbonyl (C=O) groups is 3. The Balaban J connectivity index is 1.83. The Hall–Kier alpha value is -3.29. The molecule has 1 aromatic carbocycles. The first-order chi connectivity index (χ1) is 13.0. The van der Waals surface area contributed by atoms with Gasteiger partial charge >= 0.3 is 11.9 Å². The standard InChI is InChI=1S/C19H20O8/c1-23-15-7-4-12(10-17(15)24-2)14(20)6-9-18(21)26-11-13-5-8-16(27-13)19(22)25-3/h4-5,7-8,10H,6,9,11H2,1-3H3. The predicted octanol–water partition coefficient (Wildman–Crippen LogP) is 2.79. The predicted molar refractivity (Wildman–Crippen MR) is 93.0 cm³/mol. The van der Waals surface area contributed by atoms with Gasteiger partial charge in [0.15, 0.2) is 17.3 Å². The molecule has 0 N–H and O–H groups in total. The Labute approximate surface area is 156 Å². The van der Waals surface area contributed by atoms with E-state index in [1.54, 1.807) is 18.2 Å². The number of rotatable bonds is 9. The highest BCUT2D eigenvalue weighted by molar-refractivity contribution is 5.98. The van der Waals surface area contributed by atoms with E-state index >= 15 is 0 Å². The van der Waals surface area contributed by atoms with Crippen molar-refractivity contribution in [3.8, 4) is 11.5 Å². The molecule has 0 radical (unpaired) electrons. The third kappa shape index (κ3) is 5.34. The van der Waals surface area contributed by atoms with Crippen molar-refractivity contribution in [1.29, 1.82) is 0 Å². The maximum Gasteiger partial charge on any atom is 0.373 e. The second-order valence-corrected chi connectivity index (χ2v) is 5.41. The summed E-state index contributed by atoms with van der Waals surface area (Å²) in [5.41, 5.74) is 0.411. The van der Waals surface area contributed by atoms with Crippen LogP contribution in [0.3, 0.4) is 0 Å². The second-order valence-electron chi connectivity index (χ2n) is 5.41. The highest BCUT2D eigenvalue weighted by Gasteiger charge is 2.15. The SMILES string of the molecule is COC(=O)c1ccc(COC(=O)CCC(=O)c2ccc(OC)c(OC)c2)o1. The summed E-state index contributed by atoms with van der Waals surface area (Å²) in [6, 6.07) is 7.72. The van der Waals surface area contributed by atoms with Gasteiger partial charge in [-0.3, -0.25) is 9.59 Å². The molecular weight excluding hydrogens is 356 g/mol. The minimum atomic E-state index is -0.618. The number of hydrogen-bond donors (Lipinski definition) is 0. The van der Waals surface area contributed by atoms with E-state index in [-0.39, 0.29) is 31.0 Å². The summed E-state index contributed by atoms with van der Waals surface area (Å²) in [7, 11) is 4.21. The van der Waals surface area contributed by atoms with Crippen molar-refractivity contribution in [2.75, 3.05) is 21.3 Å². The van der Waals surface area contributed by atoms with Crippen LogP contribution in [0.5, 0.6) is 11.5 Å².